The van der Waals surface area contributed by atoms with Gasteiger partial charge >= 0.3 is 0 Å². The molecule has 0 unspecified atom stereocenters. The lowest BCUT2D eigenvalue weighted by Gasteiger charge is -2.12. The average molecular weight is 254 g/mol. The molecule has 3 heteroatoms. The first kappa shape index (κ1) is 13.1. The molecule has 0 aromatic heterocycles. The smallest absolute Gasteiger partial charge is 0.138 e. The van der Waals surface area contributed by atoms with Gasteiger partial charge in [0, 0.05) is 0 Å². The second kappa shape index (κ2) is 5.14. The molecule has 0 amide bonds. The largest absolute Gasteiger partial charge is 0.457 e. The number of rotatable bonds is 3. The molecule has 0 aliphatic rings. The molecule has 0 saturated heterocycles. The van der Waals surface area contributed by atoms with Crippen molar-refractivity contribution >= 4 is 5.84 Å². The van der Waals surface area contributed by atoms with Crippen LogP contribution < -0.4 is 10.5 Å². The van der Waals surface area contributed by atoms with E-state index in [0.717, 1.165) is 22.4 Å². The second-order valence-corrected chi connectivity index (χ2v) is 4.84. The van der Waals surface area contributed by atoms with Crippen LogP contribution in [0.25, 0.3) is 0 Å². The van der Waals surface area contributed by atoms with Crippen LogP contribution in [0.1, 0.15) is 22.3 Å². The first-order valence-corrected chi connectivity index (χ1v) is 6.17. The lowest BCUT2D eigenvalue weighted by molar-refractivity contribution is 0.480. The summed E-state index contributed by atoms with van der Waals surface area (Å²) in [7, 11) is 0. The summed E-state index contributed by atoms with van der Waals surface area (Å²) in [6.45, 7) is 6.02. The van der Waals surface area contributed by atoms with E-state index in [1.807, 2.05) is 51.1 Å². The average Bonchev–Trinajstić information content (AvgIpc) is 2.30. The number of nitrogens with two attached hydrogens (primary N) is 1. The minimum Gasteiger partial charge on any atom is -0.457 e. The van der Waals surface area contributed by atoms with Gasteiger partial charge in [-0.05, 0) is 56.2 Å². The number of nitrogens with one attached hydrogen (secondary N) is 1. The summed E-state index contributed by atoms with van der Waals surface area (Å²) < 4.78 is 5.87. The van der Waals surface area contributed by atoms with Gasteiger partial charge in [-0.2, -0.15) is 0 Å². The van der Waals surface area contributed by atoms with Gasteiger partial charge in [0.25, 0.3) is 0 Å². The molecule has 98 valence electrons. The molecule has 0 saturated carbocycles. The molecule has 3 N–H and O–H groups in total. The summed E-state index contributed by atoms with van der Waals surface area (Å²) >= 11 is 0. The van der Waals surface area contributed by atoms with E-state index in [1.165, 1.54) is 0 Å². The molecule has 3 nitrogen and oxygen atoms in total. The van der Waals surface area contributed by atoms with E-state index in [4.69, 9.17) is 15.9 Å². The van der Waals surface area contributed by atoms with Crippen molar-refractivity contribution in [2.24, 2.45) is 5.73 Å². The van der Waals surface area contributed by atoms with Gasteiger partial charge in [0.2, 0.25) is 0 Å². The third kappa shape index (κ3) is 3.13. The van der Waals surface area contributed by atoms with Crippen molar-refractivity contribution in [1.29, 1.82) is 5.41 Å². The molecular formula is C16H18N2O. The fourth-order valence-corrected chi connectivity index (χ4v) is 2.06. The maximum absolute atomic E-state index is 7.62. The fraction of sp³-hybridized carbons (Fsp3) is 0.188. The highest BCUT2D eigenvalue weighted by atomic mass is 16.5. The molecule has 0 atom stereocenters. The zero-order chi connectivity index (χ0) is 14.0. The lowest BCUT2D eigenvalue weighted by atomic mass is 10.1. The van der Waals surface area contributed by atoms with Gasteiger partial charge in [-0.3, -0.25) is 5.41 Å². The van der Waals surface area contributed by atoms with E-state index in [1.54, 1.807) is 0 Å². The molecule has 0 spiro atoms. The molecule has 0 aliphatic heterocycles. The molecular weight excluding hydrogens is 236 g/mol. The van der Waals surface area contributed by atoms with Crippen molar-refractivity contribution in [3.05, 3.63) is 58.7 Å². The van der Waals surface area contributed by atoms with E-state index in [-0.39, 0.29) is 5.84 Å². The molecule has 0 radical (unpaired) electrons. The Kier molecular flexibility index (Phi) is 3.56. The van der Waals surface area contributed by atoms with Crippen molar-refractivity contribution in [3.8, 4) is 11.5 Å². The molecule has 2 rings (SSSR count). The maximum atomic E-state index is 7.62. The monoisotopic (exact) mass is 254 g/mol. The molecule has 2 aromatic carbocycles. The first-order chi connectivity index (χ1) is 8.95. The summed E-state index contributed by atoms with van der Waals surface area (Å²) in [5.74, 6) is 1.40. The second-order valence-electron chi connectivity index (χ2n) is 4.84. The quantitative estimate of drug-likeness (QED) is 0.648. The highest BCUT2D eigenvalue weighted by Gasteiger charge is 2.08. The van der Waals surface area contributed by atoms with Crippen LogP contribution in [0.4, 0.5) is 0 Å². The van der Waals surface area contributed by atoms with Gasteiger partial charge in [-0.15, -0.1) is 0 Å². The van der Waals surface area contributed by atoms with Gasteiger partial charge in [0.15, 0.2) is 0 Å². The Morgan fingerprint density at radius 1 is 0.947 bits per heavy atom. The summed E-state index contributed by atoms with van der Waals surface area (Å²) in [5.41, 5.74) is 9.57. The highest BCUT2D eigenvalue weighted by Crippen LogP contribution is 2.27. The van der Waals surface area contributed by atoms with Crippen LogP contribution in [0.15, 0.2) is 36.4 Å². The minimum atomic E-state index is 0.0167. The van der Waals surface area contributed by atoms with Crippen LogP contribution in [0, 0.1) is 26.2 Å². The third-order valence-corrected chi connectivity index (χ3v) is 2.85. The van der Waals surface area contributed by atoms with Crippen LogP contribution >= 0.6 is 0 Å². The van der Waals surface area contributed by atoms with Crippen molar-refractivity contribution < 1.29 is 4.74 Å². The van der Waals surface area contributed by atoms with Gasteiger partial charge < -0.3 is 10.5 Å². The molecule has 19 heavy (non-hydrogen) atoms. The predicted octanol–water partition coefficient (Wildman–Crippen LogP) is 3.69. The Labute approximate surface area is 113 Å². The zero-order valence-corrected chi connectivity index (χ0v) is 11.4. The van der Waals surface area contributed by atoms with Crippen LogP contribution in [-0.2, 0) is 0 Å². The van der Waals surface area contributed by atoms with Crippen LogP contribution in [0.3, 0.4) is 0 Å². The van der Waals surface area contributed by atoms with Gasteiger partial charge in [0.1, 0.15) is 17.3 Å². The Morgan fingerprint density at radius 3 is 2.16 bits per heavy atom. The standard InChI is InChI=1S/C16H18N2O/c1-10-4-5-15(14(9-10)16(17)18)19-13-7-11(2)6-12(3)8-13/h4-9H,1-3H3,(H3,17,18). The van der Waals surface area contributed by atoms with E-state index < -0.39 is 0 Å². The molecule has 0 heterocycles. The van der Waals surface area contributed by atoms with Gasteiger partial charge in [-0.1, -0.05) is 17.7 Å². The Balaban J connectivity index is 2.40. The predicted molar refractivity (Wildman–Crippen MR) is 78.2 cm³/mol. The number of nitrogen functional groups attached to an aromatic ring is 1. The van der Waals surface area contributed by atoms with Crippen LogP contribution in [0.5, 0.6) is 11.5 Å². The molecule has 0 bridgehead atoms. The van der Waals surface area contributed by atoms with Gasteiger partial charge in [0.05, 0.1) is 5.56 Å². The maximum Gasteiger partial charge on any atom is 0.138 e. The zero-order valence-electron chi connectivity index (χ0n) is 11.4. The van der Waals surface area contributed by atoms with E-state index in [0.29, 0.717) is 11.3 Å². The fourth-order valence-electron chi connectivity index (χ4n) is 2.06. The highest BCUT2D eigenvalue weighted by molar-refractivity contribution is 5.97. The number of aryl methyl sites for hydroxylation is 3. The number of benzene rings is 2. The summed E-state index contributed by atoms with van der Waals surface area (Å²) in [6.07, 6.45) is 0. The lowest BCUT2D eigenvalue weighted by Crippen LogP contribution is -2.12. The number of ether oxygens (including phenoxy) is 1. The summed E-state index contributed by atoms with van der Waals surface area (Å²) in [5, 5.41) is 7.62. The number of hydrogen-bond acceptors (Lipinski definition) is 2. The Morgan fingerprint density at radius 2 is 1.58 bits per heavy atom. The van der Waals surface area contributed by atoms with Crippen molar-refractivity contribution in [1.82, 2.24) is 0 Å². The Hall–Kier alpha value is -2.29. The summed E-state index contributed by atoms with van der Waals surface area (Å²) in [6, 6.07) is 11.7. The van der Waals surface area contributed by atoms with Crippen molar-refractivity contribution in [2.45, 2.75) is 20.8 Å². The van der Waals surface area contributed by atoms with E-state index in [9.17, 15) is 0 Å². The first-order valence-electron chi connectivity index (χ1n) is 6.17. The molecule has 0 fully saturated rings. The van der Waals surface area contributed by atoms with E-state index >= 15 is 0 Å². The van der Waals surface area contributed by atoms with Crippen molar-refractivity contribution in [3.63, 3.8) is 0 Å². The van der Waals surface area contributed by atoms with Crippen LogP contribution in [0.2, 0.25) is 0 Å². The normalized spacial score (nSPS) is 10.3. The minimum absolute atomic E-state index is 0.0167. The van der Waals surface area contributed by atoms with Crippen LogP contribution in [-0.4, -0.2) is 5.84 Å². The topological polar surface area (TPSA) is 59.1 Å². The number of hydrogen-bond donors (Lipinski definition) is 2. The summed E-state index contributed by atoms with van der Waals surface area (Å²) in [4.78, 5) is 0. The van der Waals surface area contributed by atoms with E-state index in [2.05, 4.69) is 6.07 Å². The van der Waals surface area contributed by atoms with Gasteiger partial charge in [-0.25, -0.2) is 0 Å². The molecule has 0 aliphatic carbocycles. The number of amidine groups is 1. The Bertz CT molecular complexity index is 612. The van der Waals surface area contributed by atoms with Crippen molar-refractivity contribution in [2.75, 3.05) is 0 Å². The third-order valence-electron chi connectivity index (χ3n) is 2.85. The SMILES string of the molecule is Cc1cc(C)cc(Oc2ccc(C)cc2C(=N)N)c1. The molecule has 2 aromatic rings.